The van der Waals surface area contributed by atoms with Crippen LogP contribution in [0.3, 0.4) is 0 Å². The monoisotopic (exact) mass is 540 g/mol. The Morgan fingerprint density at radius 3 is 2.24 bits per heavy atom. The summed E-state index contributed by atoms with van der Waals surface area (Å²) in [6.07, 6.45) is 4.45. The van der Waals surface area contributed by atoms with Crippen LogP contribution >= 0.6 is 0 Å². The van der Waals surface area contributed by atoms with Gasteiger partial charge in [-0.25, -0.2) is 0 Å². The summed E-state index contributed by atoms with van der Waals surface area (Å²) >= 11 is 0. The van der Waals surface area contributed by atoms with Gasteiger partial charge in [-0.1, -0.05) is 86.7 Å². The summed E-state index contributed by atoms with van der Waals surface area (Å²) < 4.78 is 18.7. The summed E-state index contributed by atoms with van der Waals surface area (Å²) in [6, 6.07) is 33.4. The molecule has 1 heterocycles. The van der Waals surface area contributed by atoms with Gasteiger partial charge >= 0.3 is 0 Å². The lowest BCUT2D eigenvalue weighted by atomic mass is 9.77. The van der Waals surface area contributed by atoms with Crippen LogP contribution in [0.4, 0.5) is 0 Å². The van der Waals surface area contributed by atoms with Gasteiger partial charge in [-0.15, -0.1) is 0 Å². The molecular formula is C37H32O4. The van der Waals surface area contributed by atoms with Crippen molar-refractivity contribution in [2.45, 2.75) is 24.9 Å². The van der Waals surface area contributed by atoms with Crippen molar-refractivity contribution in [3.05, 3.63) is 131 Å². The molecule has 0 radical (unpaired) electrons. The Labute approximate surface area is 240 Å². The summed E-state index contributed by atoms with van der Waals surface area (Å²) in [5.41, 5.74) is 7.23. The zero-order valence-electron chi connectivity index (χ0n) is 23.5. The highest BCUT2D eigenvalue weighted by Crippen LogP contribution is 2.58. The van der Waals surface area contributed by atoms with E-state index in [1.165, 1.54) is 22.3 Å². The molecule has 41 heavy (non-hydrogen) atoms. The number of ether oxygens (including phenoxy) is 3. The Balaban J connectivity index is 1.51. The third-order valence-electron chi connectivity index (χ3n) is 8.59. The summed E-state index contributed by atoms with van der Waals surface area (Å²) in [4.78, 5) is 0. The van der Waals surface area contributed by atoms with Gasteiger partial charge < -0.3 is 19.3 Å². The number of aliphatic hydroxyl groups excluding tert-OH is 1. The zero-order valence-corrected chi connectivity index (χ0v) is 23.5. The molecule has 2 aliphatic rings. The normalized spacial score (nSPS) is 17.9. The molecule has 5 aromatic carbocycles. The molecule has 0 aromatic heterocycles. The third-order valence-corrected chi connectivity index (χ3v) is 8.59. The van der Waals surface area contributed by atoms with Gasteiger partial charge in [-0.05, 0) is 64.0 Å². The fraction of sp³-hybridized carbons (Fsp3) is 0.189. The van der Waals surface area contributed by atoms with Crippen LogP contribution < -0.4 is 14.2 Å². The SMILES string of the molecule is COc1ccc2c3c(c4c(c2c1)OC(c1ccccc1)(c1ccc(OCCO)cc1)C=C4)C(C)(C)c1ccccc1-3. The Kier molecular flexibility index (Phi) is 5.91. The van der Waals surface area contributed by atoms with Gasteiger partial charge in [0.25, 0.3) is 0 Å². The maximum atomic E-state index is 9.19. The number of hydrogen-bond acceptors (Lipinski definition) is 4. The van der Waals surface area contributed by atoms with Crippen LogP contribution in [0, 0.1) is 0 Å². The van der Waals surface area contributed by atoms with Gasteiger partial charge in [0.05, 0.1) is 13.7 Å². The van der Waals surface area contributed by atoms with E-state index in [0.717, 1.165) is 39.0 Å². The smallest absolute Gasteiger partial charge is 0.178 e. The molecule has 0 amide bonds. The first kappa shape index (κ1) is 25.4. The number of rotatable bonds is 6. The summed E-state index contributed by atoms with van der Waals surface area (Å²) in [7, 11) is 1.70. The fourth-order valence-electron chi connectivity index (χ4n) is 6.68. The van der Waals surface area contributed by atoms with Crippen molar-refractivity contribution >= 4 is 16.8 Å². The van der Waals surface area contributed by atoms with Gasteiger partial charge in [0.2, 0.25) is 0 Å². The molecule has 0 saturated heterocycles. The predicted octanol–water partition coefficient (Wildman–Crippen LogP) is 7.88. The molecule has 4 nitrogen and oxygen atoms in total. The molecule has 5 aromatic rings. The Morgan fingerprint density at radius 2 is 1.49 bits per heavy atom. The van der Waals surface area contributed by atoms with Crippen molar-refractivity contribution in [2.24, 2.45) is 0 Å². The van der Waals surface area contributed by atoms with E-state index in [2.05, 4.69) is 74.5 Å². The minimum atomic E-state index is -0.858. The van der Waals surface area contributed by atoms with Gasteiger partial charge in [-0.2, -0.15) is 0 Å². The maximum Gasteiger partial charge on any atom is 0.178 e. The number of hydrogen-bond donors (Lipinski definition) is 1. The maximum absolute atomic E-state index is 9.19. The topological polar surface area (TPSA) is 47.9 Å². The second-order valence-electron chi connectivity index (χ2n) is 11.2. The van der Waals surface area contributed by atoms with E-state index in [-0.39, 0.29) is 18.6 Å². The number of methoxy groups -OCH3 is 1. The number of benzene rings is 5. The molecule has 1 aliphatic carbocycles. The van der Waals surface area contributed by atoms with Gasteiger partial charge in [-0.3, -0.25) is 0 Å². The van der Waals surface area contributed by atoms with E-state index in [1.54, 1.807) is 7.11 Å². The summed E-state index contributed by atoms with van der Waals surface area (Å²) in [6.45, 7) is 4.85. The summed E-state index contributed by atoms with van der Waals surface area (Å²) in [5, 5.41) is 11.4. The largest absolute Gasteiger partial charge is 0.497 e. The van der Waals surface area contributed by atoms with E-state index in [9.17, 15) is 5.11 Å². The first-order valence-electron chi connectivity index (χ1n) is 14.0. The van der Waals surface area contributed by atoms with E-state index >= 15 is 0 Å². The molecule has 0 saturated carbocycles. The van der Waals surface area contributed by atoms with Gasteiger partial charge in [0.1, 0.15) is 23.9 Å². The molecule has 4 heteroatoms. The Morgan fingerprint density at radius 1 is 0.780 bits per heavy atom. The predicted molar refractivity (Wildman–Crippen MR) is 164 cm³/mol. The molecule has 1 unspecified atom stereocenters. The zero-order chi connectivity index (χ0) is 28.2. The lowest BCUT2D eigenvalue weighted by Gasteiger charge is -2.38. The van der Waals surface area contributed by atoms with E-state index < -0.39 is 5.60 Å². The quantitative estimate of drug-likeness (QED) is 0.238. The highest BCUT2D eigenvalue weighted by Gasteiger charge is 2.44. The van der Waals surface area contributed by atoms with Crippen molar-refractivity contribution < 1.29 is 19.3 Å². The second-order valence-corrected chi connectivity index (χ2v) is 11.2. The van der Waals surface area contributed by atoms with Crippen molar-refractivity contribution in [1.29, 1.82) is 0 Å². The highest BCUT2D eigenvalue weighted by molar-refractivity contribution is 6.08. The van der Waals surface area contributed by atoms with Gasteiger partial charge in [0, 0.05) is 27.5 Å². The summed E-state index contributed by atoms with van der Waals surface area (Å²) in [5.74, 6) is 2.35. The average molecular weight is 541 g/mol. The Hall–Kier alpha value is -4.54. The molecule has 204 valence electrons. The third kappa shape index (κ3) is 3.78. The molecule has 7 rings (SSSR count). The van der Waals surface area contributed by atoms with Crippen LogP contribution in [0.2, 0.25) is 0 Å². The number of aliphatic hydroxyl groups is 1. The molecular weight excluding hydrogens is 508 g/mol. The minimum Gasteiger partial charge on any atom is -0.497 e. The molecule has 1 N–H and O–H groups in total. The fourth-order valence-corrected chi connectivity index (χ4v) is 6.68. The van der Waals surface area contributed by atoms with E-state index in [0.29, 0.717) is 5.75 Å². The van der Waals surface area contributed by atoms with Crippen LogP contribution in [-0.4, -0.2) is 25.4 Å². The standard InChI is InChI=1S/C37H32O4/c1-36(2)32-12-8-7-11-29(32)33-28-18-17-27(39-3)23-31(28)35-30(34(33)36)19-20-37(41-35,24-9-5-4-6-10-24)25-13-15-26(16-14-25)40-22-21-38/h4-20,23,38H,21-22H2,1-3H3. The molecule has 1 aliphatic heterocycles. The Bertz CT molecular complexity index is 1800. The van der Waals surface area contributed by atoms with Crippen molar-refractivity contribution in [3.8, 4) is 28.4 Å². The number of fused-ring (bicyclic) bond motifs is 8. The molecule has 1 atom stereocenters. The van der Waals surface area contributed by atoms with Gasteiger partial charge in [0.15, 0.2) is 5.60 Å². The van der Waals surface area contributed by atoms with Crippen LogP contribution in [0.1, 0.15) is 41.7 Å². The molecule has 0 bridgehead atoms. The van der Waals surface area contributed by atoms with Crippen LogP contribution in [0.5, 0.6) is 17.2 Å². The lowest BCUT2D eigenvalue weighted by Crippen LogP contribution is -2.35. The van der Waals surface area contributed by atoms with E-state index in [1.807, 2.05) is 48.5 Å². The second kappa shape index (κ2) is 9.53. The molecule has 0 fully saturated rings. The molecule has 0 spiro atoms. The van der Waals surface area contributed by atoms with Crippen molar-refractivity contribution in [2.75, 3.05) is 20.3 Å². The van der Waals surface area contributed by atoms with Crippen LogP contribution in [0.15, 0.2) is 103 Å². The highest BCUT2D eigenvalue weighted by atomic mass is 16.5. The van der Waals surface area contributed by atoms with Crippen LogP contribution in [-0.2, 0) is 11.0 Å². The minimum absolute atomic E-state index is 0.0284. The van der Waals surface area contributed by atoms with Crippen molar-refractivity contribution in [1.82, 2.24) is 0 Å². The average Bonchev–Trinajstić information content (AvgIpc) is 3.27. The van der Waals surface area contributed by atoms with Crippen LogP contribution in [0.25, 0.3) is 28.0 Å². The first-order valence-corrected chi connectivity index (χ1v) is 14.0. The van der Waals surface area contributed by atoms with Crippen molar-refractivity contribution in [3.63, 3.8) is 0 Å². The van der Waals surface area contributed by atoms with E-state index in [4.69, 9.17) is 14.2 Å². The lowest BCUT2D eigenvalue weighted by molar-refractivity contribution is 0.163. The first-order chi connectivity index (χ1) is 20.0.